The molecule has 7 nitrogen and oxygen atoms in total. The number of fused-ring (bicyclic) bond motifs is 1. The number of aromatic nitrogens is 4. The summed E-state index contributed by atoms with van der Waals surface area (Å²) in [4.78, 5) is 11.4. The number of nitrogens with zero attached hydrogens (tertiary/aromatic N) is 3. The first kappa shape index (κ1) is 12.6. The van der Waals surface area contributed by atoms with Crippen LogP contribution in [0, 0.1) is 0 Å². The van der Waals surface area contributed by atoms with Crippen LogP contribution in [0.5, 0.6) is 11.6 Å². The molecule has 0 fully saturated rings. The van der Waals surface area contributed by atoms with Crippen LogP contribution >= 0.6 is 11.6 Å². The van der Waals surface area contributed by atoms with Gasteiger partial charge in [0.25, 0.3) is 0 Å². The first-order chi connectivity index (χ1) is 9.67. The Morgan fingerprint density at radius 3 is 2.95 bits per heavy atom. The quantitative estimate of drug-likeness (QED) is 0.758. The molecule has 3 aromatic rings. The molecule has 20 heavy (non-hydrogen) atoms. The zero-order chi connectivity index (χ0) is 14.1. The van der Waals surface area contributed by atoms with Crippen LogP contribution in [-0.2, 0) is 6.54 Å². The first-order valence-electron chi connectivity index (χ1n) is 5.78. The number of hydrogen-bond acceptors (Lipinski definition) is 5. The van der Waals surface area contributed by atoms with E-state index in [9.17, 15) is 4.79 Å². The number of ether oxygens (including phenoxy) is 1. The maximum absolute atomic E-state index is 11.4. The maximum atomic E-state index is 11.4. The van der Waals surface area contributed by atoms with Crippen molar-refractivity contribution in [3.8, 4) is 11.6 Å². The highest BCUT2D eigenvalue weighted by atomic mass is 35.5. The Balaban J connectivity index is 1.94. The number of hydrogen-bond donors (Lipinski definition) is 2. The lowest BCUT2D eigenvalue weighted by atomic mass is 10.2. The topological polar surface area (TPSA) is 98.3 Å². The second kappa shape index (κ2) is 4.95. The normalized spacial score (nSPS) is 10.9. The van der Waals surface area contributed by atoms with Crippen molar-refractivity contribution >= 4 is 17.2 Å². The van der Waals surface area contributed by atoms with Crippen molar-refractivity contribution in [3.05, 3.63) is 51.4 Å². The number of halogens is 1. The van der Waals surface area contributed by atoms with Crippen LogP contribution < -0.4 is 16.2 Å². The molecule has 102 valence electrons. The second-order valence-corrected chi connectivity index (χ2v) is 4.44. The van der Waals surface area contributed by atoms with Gasteiger partial charge in [-0.3, -0.25) is 0 Å². The number of nitrogens with two attached hydrogens (primary N) is 1. The van der Waals surface area contributed by atoms with Gasteiger partial charge in [-0.1, -0.05) is 17.7 Å². The molecule has 0 saturated heterocycles. The third-order valence-corrected chi connectivity index (χ3v) is 3.07. The number of benzene rings is 1. The molecule has 0 aliphatic heterocycles. The van der Waals surface area contributed by atoms with E-state index in [-0.39, 0.29) is 5.88 Å². The molecule has 0 radical (unpaired) electrons. The largest absolute Gasteiger partial charge is 0.438 e. The summed E-state index contributed by atoms with van der Waals surface area (Å²) < 4.78 is 6.67. The van der Waals surface area contributed by atoms with E-state index in [1.807, 2.05) is 0 Å². The fourth-order valence-corrected chi connectivity index (χ4v) is 1.97. The van der Waals surface area contributed by atoms with E-state index < -0.39 is 5.69 Å². The van der Waals surface area contributed by atoms with Crippen LogP contribution in [0.3, 0.4) is 0 Å². The SMILES string of the molecule is NCc1ccc(Oc2ccc3n[nH]c(=O)n3n2)cc1Cl. The van der Waals surface area contributed by atoms with E-state index in [2.05, 4.69) is 15.3 Å². The number of aromatic amines is 1. The highest BCUT2D eigenvalue weighted by molar-refractivity contribution is 6.31. The van der Waals surface area contributed by atoms with Gasteiger partial charge < -0.3 is 10.5 Å². The average molecular weight is 292 g/mol. The minimum absolute atomic E-state index is 0.262. The molecular weight excluding hydrogens is 282 g/mol. The van der Waals surface area contributed by atoms with Gasteiger partial charge in [0.15, 0.2) is 5.65 Å². The predicted molar refractivity (Wildman–Crippen MR) is 73.0 cm³/mol. The van der Waals surface area contributed by atoms with Gasteiger partial charge in [-0.2, -0.15) is 9.61 Å². The number of nitrogens with one attached hydrogen (secondary N) is 1. The molecule has 0 bridgehead atoms. The fourth-order valence-electron chi connectivity index (χ4n) is 1.72. The molecule has 1 aromatic carbocycles. The molecule has 8 heteroatoms. The monoisotopic (exact) mass is 291 g/mol. The fraction of sp³-hybridized carbons (Fsp3) is 0.0833. The summed E-state index contributed by atoms with van der Waals surface area (Å²) in [5.74, 6) is 0.771. The van der Waals surface area contributed by atoms with Crippen LogP contribution in [0.4, 0.5) is 0 Å². The van der Waals surface area contributed by atoms with E-state index in [0.717, 1.165) is 10.1 Å². The van der Waals surface area contributed by atoms with Gasteiger partial charge in [-0.05, 0) is 23.8 Å². The van der Waals surface area contributed by atoms with Crippen molar-refractivity contribution in [1.82, 2.24) is 19.8 Å². The Hall–Kier alpha value is -2.38. The Morgan fingerprint density at radius 2 is 2.20 bits per heavy atom. The van der Waals surface area contributed by atoms with Crippen molar-refractivity contribution in [2.75, 3.05) is 0 Å². The third kappa shape index (κ3) is 2.24. The molecule has 0 atom stereocenters. The van der Waals surface area contributed by atoms with Gasteiger partial charge in [0.05, 0.1) is 0 Å². The van der Waals surface area contributed by atoms with Gasteiger partial charge in [0, 0.05) is 17.6 Å². The van der Waals surface area contributed by atoms with E-state index >= 15 is 0 Å². The standard InChI is InChI=1S/C12H10ClN5O2/c13-9-5-8(2-1-7(9)6-14)20-11-4-3-10-15-16-12(19)18(10)17-11/h1-5H,6,14H2,(H,16,19). The molecule has 3 rings (SSSR count). The van der Waals surface area contributed by atoms with Crippen molar-refractivity contribution in [2.45, 2.75) is 6.54 Å². The summed E-state index contributed by atoms with van der Waals surface area (Å²) in [7, 11) is 0. The lowest BCUT2D eigenvalue weighted by Crippen LogP contribution is -2.12. The molecule has 2 aromatic heterocycles. The van der Waals surface area contributed by atoms with Crippen molar-refractivity contribution in [3.63, 3.8) is 0 Å². The first-order valence-corrected chi connectivity index (χ1v) is 6.16. The van der Waals surface area contributed by atoms with Crippen LogP contribution in [0.2, 0.25) is 5.02 Å². The lowest BCUT2D eigenvalue weighted by Gasteiger charge is -2.07. The van der Waals surface area contributed by atoms with Crippen LogP contribution in [0.25, 0.3) is 5.65 Å². The minimum atomic E-state index is -0.429. The molecule has 0 saturated carbocycles. The van der Waals surface area contributed by atoms with Crippen molar-refractivity contribution in [1.29, 1.82) is 0 Å². The summed E-state index contributed by atoms with van der Waals surface area (Å²) in [5.41, 5.74) is 6.35. The molecule has 0 amide bonds. The number of rotatable bonds is 3. The van der Waals surface area contributed by atoms with Gasteiger partial charge in [-0.25, -0.2) is 9.89 Å². The molecule has 0 aliphatic carbocycles. The van der Waals surface area contributed by atoms with Crippen LogP contribution in [0.1, 0.15) is 5.56 Å². The summed E-state index contributed by atoms with van der Waals surface area (Å²) in [6, 6.07) is 8.39. The molecule has 2 heterocycles. The second-order valence-electron chi connectivity index (χ2n) is 4.03. The summed E-state index contributed by atoms with van der Waals surface area (Å²) in [5, 5.41) is 10.6. The van der Waals surface area contributed by atoms with Crippen molar-refractivity contribution in [2.24, 2.45) is 5.73 Å². The van der Waals surface area contributed by atoms with Gasteiger partial charge in [0.2, 0.25) is 5.88 Å². The average Bonchev–Trinajstić information content (AvgIpc) is 2.81. The Labute approximate surface area is 117 Å². The minimum Gasteiger partial charge on any atom is -0.438 e. The van der Waals surface area contributed by atoms with Crippen LogP contribution in [0.15, 0.2) is 35.1 Å². The molecule has 0 unspecified atom stereocenters. The van der Waals surface area contributed by atoms with E-state index in [4.69, 9.17) is 22.1 Å². The summed E-state index contributed by atoms with van der Waals surface area (Å²) in [6.07, 6.45) is 0. The van der Waals surface area contributed by atoms with E-state index in [1.54, 1.807) is 30.3 Å². The van der Waals surface area contributed by atoms with Gasteiger partial charge in [0.1, 0.15) is 5.75 Å². The molecule has 0 aliphatic rings. The zero-order valence-electron chi connectivity index (χ0n) is 10.2. The van der Waals surface area contributed by atoms with Gasteiger partial charge >= 0.3 is 5.69 Å². The van der Waals surface area contributed by atoms with Crippen LogP contribution in [-0.4, -0.2) is 19.8 Å². The smallest absolute Gasteiger partial charge is 0.364 e. The third-order valence-electron chi connectivity index (χ3n) is 2.72. The Bertz CT molecular complexity index is 826. The molecule has 3 N–H and O–H groups in total. The number of H-pyrrole nitrogens is 1. The lowest BCUT2D eigenvalue weighted by molar-refractivity contribution is 0.451. The molecular formula is C12H10ClN5O2. The highest BCUT2D eigenvalue weighted by Crippen LogP contribution is 2.25. The van der Waals surface area contributed by atoms with E-state index in [0.29, 0.717) is 23.0 Å². The summed E-state index contributed by atoms with van der Waals surface area (Å²) >= 11 is 6.05. The van der Waals surface area contributed by atoms with Gasteiger partial charge in [-0.15, -0.1) is 5.10 Å². The zero-order valence-corrected chi connectivity index (χ0v) is 11.0. The molecule has 0 spiro atoms. The summed E-state index contributed by atoms with van der Waals surface area (Å²) in [6.45, 7) is 0.355. The maximum Gasteiger partial charge on any atom is 0.364 e. The predicted octanol–water partition coefficient (Wildman–Crippen LogP) is 1.32. The van der Waals surface area contributed by atoms with Crippen molar-refractivity contribution < 1.29 is 4.74 Å². The highest BCUT2D eigenvalue weighted by Gasteiger charge is 2.06. The van der Waals surface area contributed by atoms with E-state index in [1.165, 1.54) is 0 Å². The Morgan fingerprint density at radius 1 is 1.35 bits per heavy atom. The Kier molecular flexibility index (Phi) is 3.13.